The lowest BCUT2D eigenvalue weighted by Crippen LogP contribution is -2.51. The van der Waals surface area contributed by atoms with Crippen LogP contribution in [0, 0.1) is 0 Å². The molecule has 0 aromatic heterocycles. The fourth-order valence-electron chi connectivity index (χ4n) is 1.96. The van der Waals surface area contributed by atoms with Gasteiger partial charge in [-0.05, 0) is 36.6 Å². The van der Waals surface area contributed by atoms with Crippen LogP contribution in [0.2, 0.25) is 0 Å². The summed E-state index contributed by atoms with van der Waals surface area (Å²) in [7, 11) is 0. The highest BCUT2D eigenvalue weighted by atomic mass is 35.5. The third-order valence-corrected chi connectivity index (χ3v) is 3.31. The molecular formula is C17H21ClN2O2. The Kier molecular flexibility index (Phi) is 6.40. The number of halogens is 1. The van der Waals surface area contributed by atoms with Gasteiger partial charge in [-0.1, -0.05) is 42.5 Å². The zero-order chi connectivity index (χ0) is 15.3. The lowest BCUT2D eigenvalue weighted by atomic mass is 9.93. The van der Waals surface area contributed by atoms with E-state index in [4.69, 9.17) is 16.2 Å². The molecule has 1 amide bonds. The molecule has 2 rings (SSSR count). The third kappa shape index (κ3) is 5.06. The quantitative estimate of drug-likeness (QED) is 0.858. The fourth-order valence-corrected chi connectivity index (χ4v) is 1.96. The van der Waals surface area contributed by atoms with E-state index in [0.29, 0.717) is 13.0 Å². The van der Waals surface area contributed by atoms with Crippen LogP contribution in [0.5, 0.6) is 5.75 Å². The molecule has 4 nitrogen and oxygen atoms in total. The summed E-state index contributed by atoms with van der Waals surface area (Å²) in [5.41, 5.74) is 12.2. The molecule has 0 aliphatic heterocycles. The number of benzene rings is 2. The topological polar surface area (TPSA) is 78.3 Å². The maximum atomic E-state index is 11.2. The third-order valence-electron chi connectivity index (χ3n) is 3.31. The molecule has 2 aromatic rings. The number of carbonyl (C=O) groups excluding carboxylic acids is 1. The van der Waals surface area contributed by atoms with E-state index in [-0.39, 0.29) is 12.4 Å². The molecule has 0 saturated carbocycles. The molecule has 0 saturated heterocycles. The lowest BCUT2D eigenvalue weighted by Gasteiger charge is -2.20. The first-order valence-corrected chi connectivity index (χ1v) is 6.82. The maximum absolute atomic E-state index is 11.2. The average molecular weight is 321 g/mol. The van der Waals surface area contributed by atoms with Crippen LogP contribution in [0.1, 0.15) is 18.1 Å². The molecule has 1 atom stereocenters. The summed E-state index contributed by atoms with van der Waals surface area (Å²) in [5, 5.41) is 0. The first-order chi connectivity index (χ1) is 9.97. The van der Waals surface area contributed by atoms with Crippen LogP contribution in [0.15, 0.2) is 54.6 Å². The van der Waals surface area contributed by atoms with Crippen molar-refractivity contribution >= 4 is 18.3 Å². The van der Waals surface area contributed by atoms with Crippen LogP contribution >= 0.6 is 12.4 Å². The van der Waals surface area contributed by atoms with Gasteiger partial charge in [0.2, 0.25) is 5.91 Å². The largest absolute Gasteiger partial charge is 0.489 e. The number of hydrogen-bond acceptors (Lipinski definition) is 3. The van der Waals surface area contributed by atoms with E-state index in [0.717, 1.165) is 16.9 Å². The lowest BCUT2D eigenvalue weighted by molar-refractivity contribution is -0.122. The second-order valence-electron chi connectivity index (χ2n) is 5.38. The zero-order valence-corrected chi connectivity index (χ0v) is 13.3. The minimum Gasteiger partial charge on any atom is -0.489 e. The highest BCUT2D eigenvalue weighted by Gasteiger charge is 2.25. The standard InChI is InChI=1S/C17H20N2O2.ClH/c1-17(19,16(18)20)11-13-7-9-15(10-8-13)21-12-14-5-3-2-4-6-14;/h2-10H,11-12,19H2,1H3,(H2,18,20);1H/t17-;/m1./s1. The van der Waals surface area contributed by atoms with E-state index in [1.54, 1.807) is 6.92 Å². The first kappa shape index (κ1) is 18.0. The van der Waals surface area contributed by atoms with Gasteiger partial charge in [0.15, 0.2) is 0 Å². The minimum absolute atomic E-state index is 0. The van der Waals surface area contributed by atoms with Crippen molar-refractivity contribution in [1.82, 2.24) is 0 Å². The Bertz CT molecular complexity index is 598. The first-order valence-electron chi connectivity index (χ1n) is 6.82. The van der Waals surface area contributed by atoms with Crippen LogP contribution in [-0.4, -0.2) is 11.4 Å². The van der Waals surface area contributed by atoms with E-state index in [1.807, 2.05) is 54.6 Å². The number of amides is 1. The van der Waals surface area contributed by atoms with Crippen molar-refractivity contribution in [1.29, 1.82) is 0 Å². The Morgan fingerprint density at radius 2 is 1.64 bits per heavy atom. The summed E-state index contributed by atoms with van der Waals surface area (Å²) in [6.07, 6.45) is 0.404. The molecule has 0 spiro atoms. The minimum atomic E-state index is -1.04. The van der Waals surface area contributed by atoms with Gasteiger partial charge in [-0.25, -0.2) is 0 Å². The predicted octanol–water partition coefficient (Wildman–Crippen LogP) is 2.43. The summed E-state index contributed by atoms with van der Waals surface area (Å²) in [6, 6.07) is 17.5. The highest BCUT2D eigenvalue weighted by molar-refractivity contribution is 5.85. The summed E-state index contributed by atoms with van der Waals surface area (Å²) in [5.74, 6) is 0.271. The van der Waals surface area contributed by atoms with Crippen molar-refractivity contribution in [3.63, 3.8) is 0 Å². The van der Waals surface area contributed by atoms with Crippen LogP contribution in [0.3, 0.4) is 0 Å². The molecule has 0 heterocycles. The van der Waals surface area contributed by atoms with E-state index >= 15 is 0 Å². The van der Waals surface area contributed by atoms with Gasteiger partial charge >= 0.3 is 0 Å². The number of primary amides is 1. The SMILES string of the molecule is C[C@@](N)(Cc1ccc(OCc2ccccc2)cc1)C(N)=O.Cl. The molecule has 0 aliphatic rings. The summed E-state index contributed by atoms with van der Waals surface area (Å²) in [6.45, 7) is 2.16. The number of ether oxygens (including phenoxy) is 1. The smallest absolute Gasteiger partial charge is 0.237 e. The maximum Gasteiger partial charge on any atom is 0.237 e. The fraction of sp³-hybridized carbons (Fsp3) is 0.235. The van der Waals surface area contributed by atoms with Crippen LogP contribution < -0.4 is 16.2 Å². The molecule has 118 valence electrons. The molecule has 0 radical (unpaired) electrons. The Morgan fingerprint density at radius 1 is 1.05 bits per heavy atom. The van der Waals surface area contributed by atoms with Crippen molar-refractivity contribution < 1.29 is 9.53 Å². The van der Waals surface area contributed by atoms with Crippen molar-refractivity contribution in [3.05, 3.63) is 65.7 Å². The van der Waals surface area contributed by atoms with Crippen molar-refractivity contribution in [3.8, 4) is 5.75 Å². The second-order valence-corrected chi connectivity index (χ2v) is 5.38. The van der Waals surface area contributed by atoms with Gasteiger partial charge < -0.3 is 16.2 Å². The van der Waals surface area contributed by atoms with Crippen LogP contribution in [0.25, 0.3) is 0 Å². The monoisotopic (exact) mass is 320 g/mol. The van der Waals surface area contributed by atoms with Gasteiger partial charge in [-0.3, -0.25) is 4.79 Å². The van der Waals surface area contributed by atoms with E-state index in [9.17, 15) is 4.79 Å². The van der Waals surface area contributed by atoms with E-state index < -0.39 is 11.4 Å². The second kappa shape index (κ2) is 7.82. The van der Waals surface area contributed by atoms with E-state index in [2.05, 4.69) is 0 Å². The number of carbonyl (C=O) groups is 1. The molecule has 5 heteroatoms. The highest BCUT2D eigenvalue weighted by Crippen LogP contribution is 2.17. The average Bonchev–Trinajstić information content (AvgIpc) is 2.47. The van der Waals surface area contributed by atoms with Crippen molar-refractivity contribution in [2.75, 3.05) is 0 Å². The summed E-state index contributed by atoms with van der Waals surface area (Å²) < 4.78 is 5.70. The van der Waals surface area contributed by atoms with Gasteiger partial charge in [0.05, 0.1) is 5.54 Å². The molecule has 0 bridgehead atoms. The van der Waals surface area contributed by atoms with Gasteiger partial charge in [0.25, 0.3) is 0 Å². The Hall–Kier alpha value is -2.04. The molecule has 4 N–H and O–H groups in total. The van der Waals surface area contributed by atoms with Gasteiger partial charge in [0, 0.05) is 0 Å². The Balaban J connectivity index is 0.00000242. The number of nitrogens with two attached hydrogens (primary N) is 2. The van der Waals surface area contributed by atoms with Crippen LogP contribution in [-0.2, 0) is 17.8 Å². The Morgan fingerprint density at radius 3 is 2.18 bits per heavy atom. The van der Waals surface area contributed by atoms with Gasteiger partial charge in [-0.2, -0.15) is 0 Å². The molecular weight excluding hydrogens is 300 g/mol. The molecule has 2 aromatic carbocycles. The van der Waals surface area contributed by atoms with Gasteiger partial charge in [0.1, 0.15) is 12.4 Å². The summed E-state index contributed by atoms with van der Waals surface area (Å²) >= 11 is 0. The summed E-state index contributed by atoms with van der Waals surface area (Å²) in [4.78, 5) is 11.2. The number of hydrogen-bond donors (Lipinski definition) is 2. The molecule has 0 unspecified atom stereocenters. The van der Waals surface area contributed by atoms with Crippen LogP contribution in [0.4, 0.5) is 0 Å². The molecule has 22 heavy (non-hydrogen) atoms. The zero-order valence-electron chi connectivity index (χ0n) is 12.5. The Labute approximate surface area is 136 Å². The normalized spacial score (nSPS) is 12.8. The molecule has 0 aliphatic carbocycles. The van der Waals surface area contributed by atoms with Crippen molar-refractivity contribution in [2.45, 2.75) is 25.5 Å². The van der Waals surface area contributed by atoms with Gasteiger partial charge in [-0.15, -0.1) is 12.4 Å². The van der Waals surface area contributed by atoms with E-state index in [1.165, 1.54) is 0 Å². The predicted molar refractivity (Wildman–Crippen MR) is 90.0 cm³/mol. The molecule has 0 fully saturated rings. The number of rotatable bonds is 6. The van der Waals surface area contributed by atoms with Crippen molar-refractivity contribution in [2.24, 2.45) is 11.5 Å².